The van der Waals surface area contributed by atoms with Gasteiger partial charge in [0.15, 0.2) is 0 Å². The molecule has 1 aliphatic rings. The quantitative estimate of drug-likeness (QED) is 0.768. The number of hydrogen-bond acceptors (Lipinski definition) is 3. The zero-order valence-electron chi connectivity index (χ0n) is 11.7. The van der Waals surface area contributed by atoms with Crippen molar-refractivity contribution in [1.29, 1.82) is 0 Å². The van der Waals surface area contributed by atoms with E-state index in [1.165, 1.54) is 0 Å². The van der Waals surface area contributed by atoms with Crippen LogP contribution in [-0.2, 0) is 4.74 Å². The van der Waals surface area contributed by atoms with E-state index in [0.29, 0.717) is 12.5 Å². The zero-order valence-corrected chi connectivity index (χ0v) is 11.7. The summed E-state index contributed by atoms with van der Waals surface area (Å²) in [6.45, 7) is 10.6. The van der Waals surface area contributed by atoms with Gasteiger partial charge >= 0.3 is 6.09 Å². The molecule has 2 atom stereocenters. The summed E-state index contributed by atoms with van der Waals surface area (Å²) in [5.74, 6) is 0.411. The molecule has 4 heteroatoms. The van der Waals surface area contributed by atoms with Crippen LogP contribution in [0.25, 0.3) is 0 Å². The van der Waals surface area contributed by atoms with Crippen molar-refractivity contribution in [2.24, 2.45) is 11.7 Å². The molecule has 1 amide bonds. The summed E-state index contributed by atoms with van der Waals surface area (Å²) in [6, 6.07) is 0.412. The summed E-state index contributed by atoms with van der Waals surface area (Å²) >= 11 is 0. The number of carbonyl (C=O) groups excluding carboxylic acids is 1. The van der Waals surface area contributed by atoms with Gasteiger partial charge in [-0.2, -0.15) is 0 Å². The number of carbonyl (C=O) groups is 1. The molecule has 1 aliphatic heterocycles. The van der Waals surface area contributed by atoms with Crippen molar-refractivity contribution in [3.8, 4) is 0 Å². The van der Waals surface area contributed by atoms with Crippen LogP contribution in [0, 0.1) is 5.92 Å². The van der Waals surface area contributed by atoms with E-state index in [2.05, 4.69) is 13.8 Å². The smallest absolute Gasteiger partial charge is 0.410 e. The van der Waals surface area contributed by atoms with Crippen molar-refractivity contribution in [2.45, 2.75) is 65.1 Å². The Morgan fingerprint density at radius 3 is 2.47 bits per heavy atom. The van der Waals surface area contributed by atoms with Crippen molar-refractivity contribution in [3.63, 3.8) is 0 Å². The van der Waals surface area contributed by atoms with Crippen LogP contribution in [0.4, 0.5) is 4.79 Å². The molecule has 1 heterocycles. The van der Waals surface area contributed by atoms with Gasteiger partial charge in [-0.05, 0) is 39.5 Å². The third-order valence-electron chi connectivity index (χ3n) is 3.08. The van der Waals surface area contributed by atoms with Crippen molar-refractivity contribution < 1.29 is 9.53 Å². The standard InChI is InChI=1S/C13H26N2O2/c1-9(2)11-8-10(14)6-7-15(11)12(16)17-13(3,4)5/h9-11H,6-8,14H2,1-5H3/t10-,11+/m0/s1. The number of ether oxygens (including phenoxy) is 1. The fourth-order valence-electron chi connectivity index (χ4n) is 2.21. The first-order valence-electron chi connectivity index (χ1n) is 6.46. The molecule has 0 spiro atoms. The first-order valence-corrected chi connectivity index (χ1v) is 6.46. The number of amides is 1. The molecule has 0 aromatic heterocycles. The molecule has 0 aromatic rings. The lowest BCUT2D eigenvalue weighted by Crippen LogP contribution is -2.53. The molecule has 0 saturated carbocycles. The van der Waals surface area contributed by atoms with E-state index in [4.69, 9.17) is 10.5 Å². The van der Waals surface area contributed by atoms with Gasteiger partial charge in [-0.15, -0.1) is 0 Å². The van der Waals surface area contributed by atoms with E-state index in [1.54, 1.807) is 0 Å². The van der Waals surface area contributed by atoms with E-state index in [-0.39, 0.29) is 18.2 Å². The Kier molecular flexibility index (Phi) is 4.42. The van der Waals surface area contributed by atoms with Crippen LogP contribution in [0.15, 0.2) is 0 Å². The van der Waals surface area contributed by atoms with E-state index < -0.39 is 5.60 Å². The van der Waals surface area contributed by atoms with Gasteiger partial charge in [0.25, 0.3) is 0 Å². The zero-order chi connectivity index (χ0) is 13.2. The van der Waals surface area contributed by atoms with Crippen LogP contribution in [0.5, 0.6) is 0 Å². The summed E-state index contributed by atoms with van der Waals surface area (Å²) in [7, 11) is 0. The molecule has 1 saturated heterocycles. The number of rotatable bonds is 1. The minimum Gasteiger partial charge on any atom is -0.444 e. The minimum atomic E-state index is -0.432. The Morgan fingerprint density at radius 1 is 1.41 bits per heavy atom. The normalized spacial score (nSPS) is 26.2. The third kappa shape index (κ3) is 4.19. The minimum absolute atomic E-state index is 0.202. The fourth-order valence-corrected chi connectivity index (χ4v) is 2.21. The Morgan fingerprint density at radius 2 is 2.00 bits per heavy atom. The molecule has 1 fully saturated rings. The molecule has 2 N–H and O–H groups in total. The molecule has 0 aromatic carbocycles. The maximum Gasteiger partial charge on any atom is 0.410 e. The summed E-state index contributed by atoms with van der Waals surface area (Å²) < 4.78 is 5.44. The number of likely N-dealkylation sites (tertiary alicyclic amines) is 1. The second-order valence-electron chi connectivity index (χ2n) is 6.27. The maximum atomic E-state index is 12.1. The molecule has 0 bridgehead atoms. The van der Waals surface area contributed by atoms with Gasteiger partial charge in [-0.3, -0.25) is 0 Å². The van der Waals surface area contributed by atoms with Crippen LogP contribution in [-0.4, -0.2) is 35.2 Å². The van der Waals surface area contributed by atoms with E-state index >= 15 is 0 Å². The number of hydrogen-bond donors (Lipinski definition) is 1. The summed E-state index contributed by atoms with van der Waals surface area (Å²) in [5.41, 5.74) is 5.54. The Labute approximate surface area is 104 Å². The average Bonchev–Trinajstić information content (AvgIpc) is 2.14. The Balaban J connectivity index is 2.70. The van der Waals surface area contributed by atoms with Gasteiger partial charge in [0.2, 0.25) is 0 Å². The first-order chi connectivity index (χ1) is 7.70. The average molecular weight is 242 g/mol. The maximum absolute atomic E-state index is 12.1. The second-order valence-corrected chi connectivity index (χ2v) is 6.27. The predicted octanol–water partition coefficient (Wildman–Crippen LogP) is 2.37. The molecule has 1 rings (SSSR count). The summed E-state index contributed by atoms with van der Waals surface area (Å²) in [6.07, 6.45) is 1.53. The highest BCUT2D eigenvalue weighted by Crippen LogP contribution is 2.24. The fraction of sp³-hybridized carbons (Fsp3) is 0.923. The van der Waals surface area contributed by atoms with Crippen LogP contribution in [0.2, 0.25) is 0 Å². The van der Waals surface area contributed by atoms with E-state index in [9.17, 15) is 4.79 Å². The highest BCUT2D eigenvalue weighted by molar-refractivity contribution is 5.68. The second kappa shape index (κ2) is 5.25. The van der Waals surface area contributed by atoms with Gasteiger partial charge in [-0.25, -0.2) is 4.79 Å². The van der Waals surface area contributed by atoms with Crippen molar-refractivity contribution in [2.75, 3.05) is 6.54 Å². The van der Waals surface area contributed by atoms with Gasteiger partial charge < -0.3 is 15.4 Å². The molecule has 0 radical (unpaired) electrons. The van der Waals surface area contributed by atoms with Gasteiger partial charge in [0.1, 0.15) is 5.60 Å². The predicted molar refractivity (Wildman–Crippen MR) is 68.8 cm³/mol. The monoisotopic (exact) mass is 242 g/mol. The molecule has 17 heavy (non-hydrogen) atoms. The number of piperidine rings is 1. The lowest BCUT2D eigenvalue weighted by molar-refractivity contribution is 0.00195. The van der Waals surface area contributed by atoms with Gasteiger partial charge in [-0.1, -0.05) is 13.8 Å². The third-order valence-corrected chi connectivity index (χ3v) is 3.08. The molecule has 4 nitrogen and oxygen atoms in total. The van der Waals surface area contributed by atoms with E-state index in [1.807, 2.05) is 25.7 Å². The molecular formula is C13H26N2O2. The Hall–Kier alpha value is -0.770. The molecule has 0 unspecified atom stereocenters. The molecule has 0 aliphatic carbocycles. The van der Waals surface area contributed by atoms with E-state index in [0.717, 1.165) is 12.8 Å². The lowest BCUT2D eigenvalue weighted by Gasteiger charge is -2.41. The highest BCUT2D eigenvalue weighted by Gasteiger charge is 2.34. The number of nitrogens with two attached hydrogens (primary N) is 1. The van der Waals surface area contributed by atoms with Crippen LogP contribution in [0.3, 0.4) is 0 Å². The van der Waals surface area contributed by atoms with Crippen molar-refractivity contribution >= 4 is 6.09 Å². The summed E-state index contributed by atoms with van der Waals surface area (Å²) in [5, 5.41) is 0. The van der Waals surface area contributed by atoms with Crippen LogP contribution < -0.4 is 5.73 Å². The highest BCUT2D eigenvalue weighted by atomic mass is 16.6. The molecular weight excluding hydrogens is 216 g/mol. The van der Waals surface area contributed by atoms with Crippen LogP contribution in [0.1, 0.15) is 47.5 Å². The van der Waals surface area contributed by atoms with Gasteiger partial charge in [0.05, 0.1) is 0 Å². The summed E-state index contributed by atoms with van der Waals surface area (Å²) in [4.78, 5) is 13.9. The SMILES string of the molecule is CC(C)[C@H]1C[C@@H](N)CCN1C(=O)OC(C)(C)C. The topological polar surface area (TPSA) is 55.6 Å². The lowest BCUT2D eigenvalue weighted by atomic mass is 9.90. The van der Waals surface area contributed by atoms with Crippen molar-refractivity contribution in [3.05, 3.63) is 0 Å². The van der Waals surface area contributed by atoms with Gasteiger partial charge in [0, 0.05) is 18.6 Å². The Bertz CT molecular complexity index is 271. The number of nitrogens with zero attached hydrogens (tertiary/aromatic N) is 1. The first kappa shape index (κ1) is 14.3. The van der Waals surface area contributed by atoms with Crippen molar-refractivity contribution in [1.82, 2.24) is 4.90 Å². The van der Waals surface area contributed by atoms with Crippen LogP contribution >= 0.6 is 0 Å². The molecule has 100 valence electrons. The largest absolute Gasteiger partial charge is 0.444 e.